The fourth-order valence-electron chi connectivity index (χ4n) is 6.93. The predicted octanol–water partition coefficient (Wildman–Crippen LogP) is 6.62. The first kappa shape index (κ1) is 35.0. The number of aryl methyl sites for hydroxylation is 1. The van der Waals surface area contributed by atoms with Gasteiger partial charge >= 0.3 is 6.36 Å². The fraction of sp³-hybridized carbons (Fsp3) is 0.432. The SMILES string of the molecule is NC1(C(=O)CCCCn2cc(-c3ccc(OC(F)(F)F)cc3)c3cc(CN4CCN(Cc5c(F)cccc5F)CC4)ccc32)CCNCC1. The zero-order chi connectivity index (χ0) is 34.6. The highest BCUT2D eigenvalue weighted by Gasteiger charge is 2.34. The number of piperazine rings is 1. The van der Waals surface area contributed by atoms with E-state index in [1.165, 1.54) is 30.3 Å². The summed E-state index contributed by atoms with van der Waals surface area (Å²) in [5.74, 6) is -1.24. The summed E-state index contributed by atoms with van der Waals surface area (Å²) >= 11 is 0. The van der Waals surface area contributed by atoms with E-state index in [1.807, 2.05) is 6.20 Å². The van der Waals surface area contributed by atoms with Gasteiger partial charge < -0.3 is 20.4 Å². The molecule has 0 amide bonds. The molecule has 262 valence electrons. The van der Waals surface area contributed by atoms with Crippen molar-refractivity contribution in [2.45, 2.75) is 63.6 Å². The molecule has 0 aliphatic carbocycles. The quantitative estimate of drug-likeness (QED) is 0.129. The third kappa shape index (κ3) is 8.67. The number of piperidine rings is 1. The van der Waals surface area contributed by atoms with Gasteiger partial charge in [0, 0.05) is 80.5 Å². The highest BCUT2D eigenvalue weighted by Crippen LogP contribution is 2.34. The maximum atomic E-state index is 14.2. The number of ether oxygens (including phenoxy) is 1. The third-order valence-corrected chi connectivity index (χ3v) is 9.76. The Hall–Kier alpha value is -3.84. The molecule has 6 rings (SSSR count). The molecule has 2 aliphatic heterocycles. The smallest absolute Gasteiger partial charge is 0.406 e. The first-order valence-corrected chi connectivity index (χ1v) is 16.9. The average molecular weight is 684 g/mol. The van der Waals surface area contributed by atoms with Gasteiger partial charge in [-0.2, -0.15) is 0 Å². The number of aromatic nitrogens is 1. The van der Waals surface area contributed by atoms with Gasteiger partial charge in [0.15, 0.2) is 5.78 Å². The van der Waals surface area contributed by atoms with Crippen LogP contribution >= 0.6 is 0 Å². The number of nitrogens with two attached hydrogens (primary N) is 1. The molecule has 0 bridgehead atoms. The monoisotopic (exact) mass is 683 g/mol. The lowest BCUT2D eigenvalue weighted by atomic mass is 9.83. The van der Waals surface area contributed by atoms with Crippen LogP contribution in [0.4, 0.5) is 22.0 Å². The molecule has 0 spiro atoms. The molecule has 2 fully saturated rings. The van der Waals surface area contributed by atoms with E-state index >= 15 is 0 Å². The topological polar surface area (TPSA) is 75.8 Å². The zero-order valence-electron chi connectivity index (χ0n) is 27.4. The molecule has 0 radical (unpaired) electrons. The van der Waals surface area contributed by atoms with Crippen molar-refractivity contribution in [2.75, 3.05) is 39.3 Å². The van der Waals surface area contributed by atoms with Gasteiger partial charge in [-0.15, -0.1) is 13.2 Å². The van der Waals surface area contributed by atoms with E-state index in [4.69, 9.17) is 5.73 Å². The molecular formula is C37H42F5N5O2. The lowest BCUT2D eigenvalue weighted by Gasteiger charge is -2.34. The van der Waals surface area contributed by atoms with Gasteiger partial charge in [-0.25, -0.2) is 8.78 Å². The summed E-state index contributed by atoms with van der Waals surface area (Å²) < 4.78 is 73.0. The Morgan fingerprint density at radius 1 is 0.878 bits per heavy atom. The van der Waals surface area contributed by atoms with Crippen LogP contribution in [-0.2, 0) is 24.4 Å². The number of benzene rings is 3. The van der Waals surface area contributed by atoms with E-state index in [-0.39, 0.29) is 23.6 Å². The Morgan fingerprint density at radius 2 is 1.53 bits per heavy atom. The minimum absolute atomic E-state index is 0.0908. The molecule has 3 aromatic carbocycles. The van der Waals surface area contributed by atoms with Gasteiger partial charge in [0.1, 0.15) is 17.4 Å². The predicted molar refractivity (Wildman–Crippen MR) is 179 cm³/mol. The molecule has 2 saturated heterocycles. The Labute approximate surface area is 282 Å². The van der Waals surface area contributed by atoms with Crippen LogP contribution in [-0.4, -0.2) is 71.3 Å². The molecule has 12 heteroatoms. The van der Waals surface area contributed by atoms with Crippen molar-refractivity contribution in [3.63, 3.8) is 0 Å². The van der Waals surface area contributed by atoms with Crippen molar-refractivity contribution in [2.24, 2.45) is 5.73 Å². The average Bonchev–Trinajstić information content (AvgIpc) is 3.43. The summed E-state index contributed by atoms with van der Waals surface area (Å²) in [5, 5.41) is 4.22. The van der Waals surface area contributed by atoms with Gasteiger partial charge in [-0.3, -0.25) is 14.6 Å². The highest BCUT2D eigenvalue weighted by atomic mass is 19.4. The number of nitrogens with one attached hydrogen (secondary N) is 1. The minimum Gasteiger partial charge on any atom is -0.406 e. The second-order valence-corrected chi connectivity index (χ2v) is 13.2. The Balaban J connectivity index is 1.15. The summed E-state index contributed by atoms with van der Waals surface area (Å²) in [7, 11) is 0. The van der Waals surface area contributed by atoms with Crippen LogP contribution in [0.2, 0.25) is 0 Å². The number of carbonyl (C=O) groups excluding carboxylic acids is 1. The van der Waals surface area contributed by atoms with E-state index < -0.39 is 23.5 Å². The number of ketones is 1. The molecule has 0 saturated carbocycles. The molecule has 2 aliphatic rings. The zero-order valence-corrected chi connectivity index (χ0v) is 27.4. The molecule has 1 aromatic heterocycles. The Morgan fingerprint density at radius 3 is 2.18 bits per heavy atom. The number of hydrogen-bond donors (Lipinski definition) is 2. The number of hydrogen-bond acceptors (Lipinski definition) is 6. The van der Waals surface area contributed by atoms with Crippen LogP contribution in [0.15, 0.2) is 66.9 Å². The van der Waals surface area contributed by atoms with Gasteiger partial charge in [0.2, 0.25) is 0 Å². The largest absolute Gasteiger partial charge is 0.573 e. The molecule has 3 heterocycles. The summed E-state index contributed by atoms with van der Waals surface area (Å²) in [6.07, 6.45) is 0.446. The standard InChI is InChI=1S/C37H42F5N5O2/c38-32-4-3-5-33(39)31(32)24-46-20-18-45(19-21-46)23-26-7-12-34-29(22-26)30(27-8-10-28(11-9-27)49-37(40,41)42)25-47(34)17-2-1-6-35(48)36(43)13-15-44-16-14-36/h3-5,7-12,22,25,44H,1-2,6,13-21,23-24,43H2. The van der Waals surface area contributed by atoms with Crippen LogP contribution in [0.1, 0.15) is 43.2 Å². The number of Topliss-reactive ketones (excluding diaryl/α,β-unsaturated/α-hetero) is 1. The maximum Gasteiger partial charge on any atom is 0.573 e. The number of alkyl halides is 3. The summed E-state index contributed by atoms with van der Waals surface area (Å²) in [6.45, 7) is 5.90. The summed E-state index contributed by atoms with van der Waals surface area (Å²) in [6, 6.07) is 16.1. The number of nitrogens with zero attached hydrogens (tertiary/aromatic N) is 3. The van der Waals surface area contributed by atoms with Gasteiger partial charge in [-0.05, 0) is 86.3 Å². The molecule has 0 unspecified atom stereocenters. The maximum absolute atomic E-state index is 14.2. The summed E-state index contributed by atoms with van der Waals surface area (Å²) in [5.41, 5.74) is 9.48. The molecule has 7 nitrogen and oxygen atoms in total. The first-order valence-electron chi connectivity index (χ1n) is 16.9. The second-order valence-electron chi connectivity index (χ2n) is 13.2. The van der Waals surface area contributed by atoms with Crippen LogP contribution in [0.25, 0.3) is 22.0 Å². The molecule has 3 N–H and O–H groups in total. The third-order valence-electron chi connectivity index (χ3n) is 9.76. The molecule has 0 atom stereocenters. The number of fused-ring (bicyclic) bond motifs is 1. The molecule has 49 heavy (non-hydrogen) atoms. The van der Waals surface area contributed by atoms with E-state index in [0.29, 0.717) is 51.9 Å². The van der Waals surface area contributed by atoms with Gasteiger partial charge in [0.25, 0.3) is 0 Å². The van der Waals surface area contributed by atoms with Crippen molar-refractivity contribution in [1.29, 1.82) is 0 Å². The van der Waals surface area contributed by atoms with Gasteiger partial charge in [-0.1, -0.05) is 24.3 Å². The fourth-order valence-corrected chi connectivity index (χ4v) is 6.93. The lowest BCUT2D eigenvalue weighted by molar-refractivity contribution is -0.274. The van der Waals surface area contributed by atoms with Crippen molar-refractivity contribution in [3.05, 3.63) is 89.6 Å². The minimum atomic E-state index is -4.77. The first-order chi connectivity index (χ1) is 23.5. The molecule has 4 aromatic rings. The van der Waals surface area contributed by atoms with Crippen molar-refractivity contribution in [3.8, 4) is 16.9 Å². The Kier molecular flexibility index (Phi) is 10.7. The number of unbranched alkanes of at least 4 members (excludes halogenated alkanes) is 1. The van der Waals surface area contributed by atoms with Crippen LogP contribution in [0.5, 0.6) is 5.75 Å². The number of carbonyl (C=O) groups is 1. The second kappa shape index (κ2) is 15.0. The van der Waals surface area contributed by atoms with E-state index in [2.05, 4.69) is 42.6 Å². The Bertz CT molecular complexity index is 1720. The van der Waals surface area contributed by atoms with Crippen molar-refractivity contribution < 1.29 is 31.5 Å². The number of rotatable bonds is 12. The number of halogens is 5. The van der Waals surface area contributed by atoms with E-state index in [1.54, 1.807) is 12.1 Å². The highest BCUT2D eigenvalue weighted by molar-refractivity contribution is 5.96. The van der Waals surface area contributed by atoms with E-state index in [0.717, 1.165) is 60.2 Å². The van der Waals surface area contributed by atoms with Gasteiger partial charge in [0.05, 0.1) is 5.54 Å². The molecular weight excluding hydrogens is 641 g/mol. The lowest BCUT2D eigenvalue weighted by Crippen LogP contribution is -2.54. The van der Waals surface area contributed by atoms with Crippen molar-refractivity contribution >= 4 is 16.7 Å². The van der Waals surface area contributed by atoms with Crippen LogP contribution in [0.3, 0.4) is 0 Å². The van der Waals surface area contributed by atoms with Crippen LogP contribution < -0.4 is 15.8 Å². The van der Waals surface area contributed by atoms with Crippen LogP contribution in [0, 0.1) is 11.6 Å². The normalized spacial score (nSPS) is 17.4. The van der Waals surface area contributed by atoms with E-state index in [9.17, 15) is 26.7 Å². The van der Waals surface area contributed by atoms with Crippen molar-refractivity contribution in [1.82, 2.24) is 19.7 Å². The summed E-state index contributed by atoms with van der Waals surface area (Å²) in [4.78, 5) is 17.3.